The van der Waals surface area contributed by atoms with E-state index in [0.717, 1.165) is 5.56 Å². The van der Waals surface area contributed by atoms with Gasteiger partial charge in [0.25, 0.3) is 11.7 Å². The number of carbonyl (C=O) groups excluding carboxylic acids is 2. The van der Waals surface area contributed by atoms with Crippen LogP contribution in [0.4, 0.5) is 10.1 Å². The molecule has 4 nitrogen and oxygen atoms in total. The number of Topliss-reactive ketones (excluding diaryl/α,β-unsaturated/α-hetero) is 1. The van der Waals surface area contributed by atoms with Crippen molar-refractivity contribution in [1.82, 2.24) is 0 Å². The number of nitrogens with zero attached hydrogens (tertiary/aromatic N) is 1. The summed E-state index contributed by atoms with van der Waals surface area (Å²) in [4.78, 5) is 27.3. The molecule has 0 bridgehead atoms. The average Bonchev–Trinajstić information content (AvgIpc) is 3.00. The quantitative estimate of drug-likeness (QED) is 0.400. The fraction of sp³-hybridized carbons (Fsp3) is 0.0833. The van der Waals surface area contributed by atoms with Gasteiger partial charge in [-0.1, -0.05) is 48.0 Å². The number of amides is 1. The molecular weight excluding hydrogens is 369 g/mol. The fourth-order valence-corrected chi connectivity index (χ4v) is 3.51. The molecule has 1 heterocycles. The van der Waals surface area contributed by atoms with Crippen LogP contribution in [0.15, 0.2) is 84.4 Å². The maximum Gasteiger partial charge on any atom is 0.300 e. The molecule has 1 unspecified atom stereocenters. The molecular formula is C24H18FNO3. The second kappa shape index (κ2) is 7.36. The first-order valence-corrected chi connectivity index (χ1v) is 9.16. The molecule has 1 aliphatic heterocycles. The van der Waals surface area contributed by atoms with E-state index in [1.807, 2.05) is 37.3 Å². The number of benzene rings is 3. The number of aliphatic hydroxyl groups excluding tert-OH is 1. The van der Waals surface area contributed by atoms with Crippen LogP contribution >= 0.6 is 0 Å². The number of halogens is 1. The van der Waals surface area contributed by atoms with Crippen molar-refractivity contribution in [1.29, 1.82) is 0 Å². The summed E-state index contributed by atoms with van der Waals surface area (Å²) in [6.45, 7) is 1.94. The Balaban J connectivity index is 1.94. The highest BCUT2D eigenvalue weighted by atomic mass is 19.1. The summed E-state index contributed by atoms with van der Waals surface area (Å²) in [6.07, 6.45) is 0. The molecule has 3 aromatic carbocycles. The van der Waals surface area contributed by atoms with Gasteiger partial charge in [0.1, 0.15) is 11.6 Å². The molecule has 5 heteroatoms. The summed E-state index contributed by atoms with van der Waals surface area (Å²) in [7, 11) is 0. The Bertz CT molecular complexity index is 1100. The summed E-state index contributed by atoms with van der Waals surface area (Å²) in [5.74, 6) is -2.28. The van der Waals surface area contributed by atoms with Gasteiger partial charge in [0.05, 0.1) is 11.6 Å². The number of rotatable bonds is 3. The SMILES string of the molecule is Cc1ccc(C2/C(=C(\O)c3ccc(F)cc3)C(=O)C(=O)N2c2ccccc2)cc1. The smallest absolute Gasteiger partial charge is 0.300 e. The zero-order chi connectivity index (χ0) is 20.5. The maximum atomic E-state index is 13.3. The van der Waals surface area contributed by atoms with Gasteiger partial charge in [0.2, 0.25) is 0 Å². The minimum atomic E-state index is -0.789. The van der Waals surface area contributed by atoms with Crippen LogP contribution in [0, 0.1) is 12.7 Å². The molecule has 0 aromatic heterocycles. The van der Waals surface area contributed by atoms with Crippen LogP contribution in [0.1, 0.15) is 22.7 Å². The number of ketones is 1. The predicted octanol–water partition coefficient (Wildman–Crippen LogP) is 4.76. The molecule has 144 valence electrons. The van der Waals surface area contributed by atoms with Gasteiger partial charge in [-0.05, 0) is 48.9 Å². The first kappa shape index (κ1) is 18.6. The van der Waals surface area contributed by atoms with Gasteiger partial charge in [0.15, 0.2) is 0 Å². The highest BCUT2D eigenvalue weighted by molar-refractivity contribution is 6.51. The molecule has 4 rings (SSSR count). The van der Waals surface area contributed by atoms with Gasteiger partial charge in [-0.25, -0.2) is 4.39 Å². The number of para-hydroxylation sites is 1. The highest BCUT2D eigenvalue weighted by Crippen LogP contribution is 2.42. The maximum absolute atomic E-state index is 13.3. The number of hydrogen-bond acceptors (Lipinski definition) is 3. The van der Waals surface area contributed by atoms with Crippen molar-refractivity contribution < 1.29 is 19.1 Å². The minimum absolute atomic E-state index is 0.0192. The summed E-state index contributed by atoms with van der Waals surface area (Å²) < 4.78 is 13.3. The Morgan fingerprint density at radius 2 is 1.52 bits per heavy atom. The monoisotopic (exact) mass is 387 g/mol. The van der Waals surface area contributed by atoms with Gasteiger partial charge in [-0.2, -0.15) is 0 Å². The van der Waals surface area contributed by atoms with Crippen LogP contribution in [0.25, 0.3) is 5.76 Å². The third-order valence-corrected chi connectivity index (χ3v) is 4.99. The molecule has 1 N–H and O–H groups in total. The minimum Gasteiger partial charge on any atom is -0.507 e. The largest absolute Gasteiger partial charge is 0.507 e. The van der Waals surface area contributed by atoms with Crippen LogP contribution in [-0.2, 0) is 9.59 Å². The number of anilines is 1. The van der Waals surface area contributed by atoms with Crippen molar-refractivity contribution in [2.75, 3.05) is 4.90 Å². The lowest BCUT2D eigenvalue weighted by Crippen LogP contribution is -2.29. The molecule has 3 aromatic rings. The second-order valence-corrected chi connectivity index (χ2v) is 6.92. The summed E-state index contributed by atoms with van der Waals surface area (Å²) in [5, 5.41) is 10.9. The highest BCUT2D eigenvalue weighted by Gasteiger charge is 2.46. The number of hydrogen-bond donors (Lipinski definition) is 1. The van der Waals surface area contributed by atoms with E-state index in [0.29, 0.717) is 11.3 Å². The lowest BCUT2D eigenvalue weighted by atomic mass is 9.94. The first-order chi connectivity index (χ1) is 14.0. The molecule has 0 saturated carbocycles. The summed E-state index contributed by atoms with van der Waals surface area (Å²) >= 11 is 0. The molecule has 1 amide bonds. The van der Waals surface area contributed by atoms with Crippen LogP contribution in [0.5, 0.6) is 0 Å². The standard InChI is InChI=1S/C24H18FNO3/c1-15-7-9-16(10-8-15)21-20(22(27)17-11-13-18(25)14-12-17)23(28)24(29)26(21)19-5-3-2-4-6-19/h2-14,21,27H,1H3/b22-20+. The molecule has 1 aliphatic rings. The second-order valence-electron chi connectivity index (χ2n) is 6.92. The van der Waals surface area contributed by atoms with Crippen LogP contribution in [0.2, 0.25) is 0 Å². The molecule has 0 aliphatic carbocycles. The van der Waals surface area contributed by atoms with Crippen molar-refractivity contribution in [3.05, 3.63) is 107 Å². The van der Waals surface area contributed by atoms with Gasteiger partial charge in [-0.3, -0.25) is 14.5 Å². The van der Waals surface area contributed by atoms with Gasteiger partial charge in [0, 0.05) is 11.3 Å². The van der Waals surface area contributed by atoms with E-state index in [2.05, 4.69) is 0 Å². The Morgan fingerprint density at radius 1 is 0.897 bits per heavy atom. The topological polar surface area (TPSA) is 57.6 Å². The van der Waals surface area contributed by atoms with Crippen molar-refractivity contribution in [2.24, 2.45) is 0 Å². The number of carbonyl (C=O) groups is 2. The first-order valence-electron chi connectivity index (χ1n) is 9.16. The van der Waals surface area contributed by atoms with Crippen LogP contribution in [-0.4, -0.2) is 16.8 Å². The van der Waals surface area contributed by atoms with Crippen LogP contribution in [0.3, 0.4) is 0 Å². The van der Waals surface area contributed by atoms with E-state index in [-0.39, 0.29) is 16.9 Å². The lowest BCUT2D eigenvalue weighted by Gasteiger charge is -2.25. The third-order valence-electron chi connectivity index (χ3n) is 4.99. The van der Waals surface area contributed by atoms with Crippen molar-refractivity contribution >= 4 is 23.1 Å². The molecule has 1 saturated heterocycles. The molecule has 1 fully saturated rings. The zero-order valence-corrected chi connectivity index (χ0v) is 15.7. The Kier molecular flexibility index (Phi) is 4.72. The van der Waals surface area contributed by atoms with Gasteiger partial charge >= 0.3 is 0 Å². The zero-order valence-electron chi connectivity index (χ0n) is 15.7. The Morgan fingerprint density at radius 3 is 2.14 bits per heavy atom. The number of aryl methyl sites for hydroxylation is 1. The molecule has 29 heavy (non-hydrogen) atoms. The van der Waals surface area contributed by atoms with Gasteiger partial charge < -0.3 is 5.11 Å². The van der Waals surface area contributed by atoms with E-state index in [4.69, 9.17) is 0 Å². The lowest BCUT2D eigenvalue weighted by molar-refractivity contribution is -0.132. The van der Waals surface area contributed by atoms with Crippen molar-refractivity contribution in [3.8, 4) is 0 Å². The van der Waals surface area contributed by atoms with Crippen molar-refractivity contribution in [2.45, 2.75) is 13.0 Å². The van der Waals surface area contributed by atoms with Crippen molar-refractivity contribution in [3.63, 3.8) is 0 Å². The van der Waals surface area contributed by atoms with E-state index in [1.54, 1.807) is 24.3 Å². The van der Waals surface area contributed by atoms with E-state index >= 15 is 0 Å². The van der Waals surface area contributed by atoms with Gasteiger partial charge in [-0.15, -0.1) is 0 Å². The third kappa shape index (κ3) is 3.31. The molecule has 1 atom stereocenters. The van der Waals surface area contributed by atoms with E-state index in [1.165, 1.54) is 29.2 Å². The summed E-state index contributed by atoms with van der Waals surface area (Å²) in [6, 6.07) is 20.7. The predicted molar refractivity (Wildman–Crippen MR) is 109 cm³/mol. The van der Waals surface area contributed by atoms with E-state index < -0.39 is 23.5 Å². The molecule has 0 radical (unpaired) electrons. The molecule has 0 spiro atoms. The summed E-state index contributed by atoms with van der Waals surface area (Å²) in [5.41, 5.74) is 2.54. The van der Waals surface area contributed by atoms with E-state index in [9.17, 15) is 19.1 Å². The number of aliphatic hydroxyl groups is 1. The fourth-order valence-electron chi connectivity index (χ4n) is 3.51. The Labute approximate surface area is 167 Å². The average molecular weight is 387 g/mol. The normalized spacial score (nSPS) is 18.3. The Hall–Kier alpha value is -3.73. The van der Waals surface area contributed by atoms with Crippen LogP contribution < -0.4 is 4.90 Å².